The first kappa shape index (κ1) is 26.3. The molecule has 0 aliphatic carbocycles. The second kappa shape index (κ2) is 12.0. The van der Waals surface area contributed by atoms with Gasteiger partial charge in [-0.05, 0) is 43.4 Å². The number of amides is 2. The summed E-state index contributed by atoms with van der Waals surface area (Å²) in [6, 6.07) is 18.3. The Hall–Kier alpha value is -3.75. The van der Waals surface area contributed by atoms with Crippen LogP contribution in [0.4, 0.5) is 4.79 Å². The van der Waals surface area contributed by atoms with Crippen molar-refractivity contribution in [3.05, 3.63) is 83.3 Å². The fourth-order valence-electron chi connectivity index (χ4n) is 4.53. The summed E-state index contributed by atoms with van der Waals surface area (Å²) in [5, 5.41) is 9.18. The third kappa shape index (κ3) is 5.98. The molecule has 1 aromatic heterocycles. The van der Waals surface area contributed by atoms with Crippen molar-refractivity contribution in [2.45, 2.75) is 44.8 Å². The molecule has 1 aliphatic rings. The maximum Gasteiger partial charge on any atom is 0.417 e. The maximum atomic E-state index is 13.5. The number of aliphatic hydroxyl groups is 1. The maximum absolute atomic E-state index is 13.5. The Morgan fingerprint density at radius 3 is 2.59 bits per heavy atom. The van der Waals surface area contributed by atoms with E-state index >= 15 is 0 Å². The predicted molar refractivity (Wildman–Crippen MR) is 136 cm³/mol. The van der Waals surface area contributed by atoms with Crippen molar-refractivity contribution < 1.29 is 33.4 Å². The lowest BCUT2D eigenvalue weighted by Gasteiger charge is -2.23. The van der Waals surface area contributed by atoms with E-state index in [0.717, 1.165) is 27.2 Å². The summed E-state index contributed by atoms with van der Waals surface area (Å²) in [4.78, 5) is 40.4. The first-order chi connectivity index (χ1) is 17.9. The normalized spacial score (nSPS) is 16.0. The van der Waals surface area contributed by atoms with Gasteiger partial charge in [0.2, 0.25) is 11.9 Å². The standard InChI is InChI=1S/C29H31NO7/c1-19-9-8-12-21(15-19)23-17-25(37-24(23)13-6-7-14-31)26(32)27(35-2)28(33)30-22(18-36-29(30)34)16-20-10-4-3-5-11-20/h3-5,8-12,15,17,22,27,31H,6-7,13-14,16,18H2,1-2H3/t22-,27-/m0/s1. The number of hydrogen-bond acceptors (Lipinski definition) is 7. The van der Waals surface area contributed by atoms with Crippen LogP contribution in [0.3, 0.4) is 0 Å². The second-order valence-corrected chi connectivity index (χ2v) is 9.11. The molecule has 1 fully saturated rings. The van der Waals surface area contributed by atoms with Gasteiger partial charge >= 0.3 is 6.09 Å². The number of aryl methyl sites for hydroxylation is 2. The number of cyclic esters (lactones) is 1. The van der Waals surface area contributed by atoms with Gasteiger partial charge in [0.05, 0.1) is 6.04 Å². The van der Waals surface area contributed by atoms with Gasteiger partial charge in [-0.25, -0.2) is 9.69 Å². The van der Waals surface area contributed by atoms with E-state index in [4.69, 9.17) is 13.9 Å². The van der Waals surface area contributed by atoms with Gasteiger partial charge in [-0.15, -0.1) is 0 Å². The van der Waals surface area contributed by atoms with Crippen molar-refractivity contribution in [1.82, 2.24) is 4.90 Å². The van der Waals surface area contributed by atoms with Crippen LogP contribution in [-0.2, 0) is 27.1 Å². The van der Waals surface area contributed by atoms with E-state index in [1.165, 1.54) is 7.11 Å². The molecule has 1 N–H and O–H groups in total. The molecule has 8 heteroatoms. The number of furan rings is 1. The summed E-state index contributed by atoms with van der Waals surface area (Å²) in [6.45, 7) is 2.07. The van der Waals surface area contributed by atoms with Gasteiger partial charge in [-0.1, -0.05) is 60.2 Å². The number of rotatable bonds is 11. The highest BCUT2D eigenvalue weighted by molar-refractivity contribution is 6.14. The Labute approximate surface area is 215 Å². The lowest BCUT2D eigenvalue weighted by molar-refractivity contribution is -0.137. The number of methoxy groups -OCH3 is 1. The van der Waals surface area contributed by atoms with Crippen LogP contribution in [0.2, 0.25) is 0 Å². The van der Waals surface area contributed by atoms with Crippen molar-refractivity contribution in [3.8, 4) is 11.1 Å². The molecule has 0 bridgehead atoms. The van der Waals surface area contributed by atoms with Crippen LogP contribution in [0, 0.1) is 6.92 Å². The summed E-state index contributed by atoms with van der Waals surface area (Å²) >= 11 is 0. The Kier molecular flexibility index (Phi) is 8.53. The fraction of sp³-hybridized carbons (Fsp3) is 0.345. The zero-order chi connectivity index (χ0) is 26.4. The summed E-state index contributed by atoms with van der Waals surface area (Å²) < 4.78 is 16.4. The minimum Gasteiger partial charge on any atom is -0.457 e. The lowest BCUT2D eigenvalue weighted by atomic mass is 10.0. The summed E-state index contributed by atoms with van der Waals surface area (Å²) in [7, 11) is 1.25. The van der Waals surface area contributed by atoms with Gasteiger partial charge < -0.3 is 19.0 Å². The molecule has 3 aromatic rings. The molecule has 2 aromatic carbocycles. The number of carbonyl (C=O) groups is 3. The number of carbonyl (C=O) groups excluding carboxylic acids is 3. The van der Waals surface area contributed by atoms with Crippen molar-refractivity contribution >= 4 is 17.8 Å². The van der Waals surface area contributed by atoms with Gasteiger partial charge in [0.1, 0.15) is 12.4 Å². The van der Waals surface area contributed by atoms with Crippen LogP contribution in [0.15, 0.2) is 65.1 Å². The van der Waals surface area contributed by atoms with E-state index in [1.54, 1.807) is 6.07 Å². The molecule has 4 rings (SSSR count). The van der Waals surface area contributed by atoms with Gasteiger partial charge in [0.15, 0.2) is 5.76 Å². The molecule has 2 heterocycles. The zero-order valence-electron chi connectivity index (χ0n) is 21.0. The highest BCUT2D eigenvalue weighted by Crippen LogP contribution is 2.31. The molecule has 0 radical (unpaired) electrons. The van der Waals surface area contributed by atoms with Gasteiger partial charge in [0, 0.05) is 25.7 Å². The van der Waals surface area contributed by atoms with E-state index in [0.29, 0.717) is 31.4 Å². The third-order valence-corrected chi connectivity index (χ3v) is 6.40. The van der Waals surface area contributed by atoms with E-state index in [1.807, 2.05) is 61.5 Å². The molecule has 1 saturated heterocycles. The van der Waals surface area contributed by atoms with Gasteiger partial charge in [-0.2, -0.15) is 0 Å². The molecule has 194 valence electrons. The van der Waals surface area contributed by atoms with Crippen LogP contribution >= 0.6 is 0 Å². The third-order valence-electron chi connectivity index (χ3n) is 6.40. The topological polar surface area (TPSA) is 106 Å². The van der Waals surface area contributed by atoms with Crippen LogP contribution < -0.4 is 0 Å². The Bertz CT molecular complexity index is 1250. The number of imide groups is 1. The van der Waals surface area contributed by atoms with Crippen molar-refractivity contribution in [2.75, 3.05) is 20.3 Å². The first-order valence-corrected chi connectivity index (χ1v) is 12.3. The summed E-state index contributed by atoms with van der Waals surface area (Å²) in [5.74, 6) is -0.894. The number of unbranched alkanes of at least 4 members (excludes halogenated alkanes) is 1. The fourth-order valence-corrected chi connectivity index (χ4v) is 4.53. The molecule has 0 spiro atoms. The van der Waals surface area contributed by atoms with Gasteiger partial charge in [0.25, 0.3) is 5.91 Å². The molecule has 0 unspecified atom stereocenters. The highest BCUT2D eigenvalue weighted by atomic mass is 16.6. The van der Waals surface area contributed by atoms with Gasteiger partial charge in [-0.3, -0.25) is 9.59 Å². The Morgan fingerprint density at radius 1 is 1.11 bits per heavy atom. The molecule has 1 aliphatic heterocycles. The second-order valence-electron chi connectivity index (χ2n) is 9.11. The predicted octanol–water partition coefficient (Wildman–Crippen LogP) is 4.36. The molecule has 37 heavy (non-hydrogen) atoms. The Morgan fingerprint density at radius 2 is 1.89 bits per heavy atom. The summed E-state index contributed by atoms with van der Waals surface area (Å²) in [5.41, 5.74) is 3.61. The number of ketones is 1. The quantitative estimate of drug-likeness (QED) is 0.234. The first-order valence-electron chi connectivity index (χ1n) is 12.3. The largest absolute Gasteiger partial charge is 0.457 e. The van der Waals surface area contributed by atoms with Crippen LogP contribution in [-0.4, -0.2) is 60.3 Å². The number of aliphatic hydroxyl groups excluding tert-OH is 1. The smallest absolute Gasteiger partial charge is 0.417 e. The minimum absolute atomic E-state index is 0.0251. The SMILES string of the molecule is CO[C@@H](C(=O)c1cc(-c2cccc(C)c2)c(CCCCO)o1)C(=O)N1C(=O)OC[C@@H]1Cc1ccccc1. The molecular weight excluding hydrogens is 474 g/mol. The van der Waals surface area contributed by atoms with Crippen molar-refractivity contribution in [3.63, 3.8) is 0 Å². The van der Waals surface area contributed by atoms with Crippen LogP contribution in [0.5, 0.6) is 0 Å². The summed E-state index contributed by atoms with van der Waals surface area (Å²) in [6.07, 6.45) is -0.187. The molecule has 8 nitrogen and oxygen atoms in total. The molecule has 2 atom stereocenters. The molecule has 0 saturated carbocycles. The minimum atomic E-state index is -1.56. The van der Waals surface area contributed by atoms with E-state index in [-0.39, 0.29) is 19.0 Å². The number of hydrogen-bond donors (Lipinski definition) is 1. The monoisotopic (exact) mass is 505 g/mol. The molecule has 2 amide bonds. The number of Topliss-reactive ketones (excluding diaryl/α,β-unsaturated/α-hetero) is 1. The average Bonchev–Trinajstić information content (AvgIpc) is 3.48. The number of nitrogens with zero attached hydrogens (tertiary/aromatic N) is 1. The Balaban J connectivity index is 1.60. The average molecular weight is 506 g/mol. The van der Waals surface area contributed by atoms with E-state index in [2.05, 4.69) is 0 Å². The lowest BCUT2D eigenvalue weighted by Crippen LogP contribution is -2.48. The zero-order valence-corrected chi connectivity index (χ0v) is 21.0. The van der Waals surface area contributed by atoms with Crippen molar-refractivity contribution in [1.29, 1.82) is 0 Å². The van der Waals surface area contributed by atoms with Crippen LogP contribution in [0.25, 0.3) is 11.1 Å². The van der Waals surface area contributed by atoms with Crippen LogP contribution in [0.1, 0.15) is 40.3 Å². The van der Waals surface area contributed by atoms with E-state index in [9.17, 15) is 19.5 Å². The highest BCUT2D eigenvalue weighted by Gasteiger charge is 2.44. The van der Waals surface area contributed by atoms with E-state index < -0.39 is 29.9 Å². The van der Waals surface area contributed by atoms with Crippen molar-refractivity contribution in [2.24, 2.45) is 0 Å². The molecular formula is C29H31NO7. The number of ether oxygens (including phenoxy) is 2. The number of benzene rings is 2.